The van der Waals surface area contributed by atoms with Crippen LogP contribution in [0.3, 0.4) is 0 Å². The van der Waals surface area contributed by atoms with Crippen molar-refractivity contribution in [1.29, 1.82) is 0 Å². The molecular formula is C21H33N3O4S. The molecular weight excluding hydrogens is 390 g/mol. The molecule has 3 rings (SSSR count). The lowest BCUT2D eigenvalue weighted by molar-refractivity contribution is 0.0650. The molecule has 0 saturated carbocycles. The highest BCUT2D eigenvalue weighted by Crippen LogP contribution is 2.25. The Morgan fingerprint density at radius 2 is 1.93 bits per heavy atom. The Labute approximate surface area is 174 Å². The molecule has 0 unspecified atom stereocenters. The molecule has 0 atom stereocenters. The summed E-state index contributed by atoms with van der Waals surface area (Å²) in [5.41, 5.74) is 3.41. The summed E-state index contributed by atoms with van der Waals surface area (Å²) in [5, 5.41) is 3.51. The van der Waals surface area contributed by atoms with Crippen LogP contribution < -0.4 is 5.32 Å². The van der Waals surface area contributed by atoms with Gasteiger partial charge < -0.3 is 15.0 Å². The van der Waals surface area contributed by atoms with Crippen molar-refractivity contribution in [2.24, 2.45) is 5.92 Å². The molecule has 162 valence electrons. The zero-order valence-electron chi connectivity index (χ0n) is 17.7. The third kappa shape index (κ3) is 6.09. The van der Waals surface area contributed by atoms with E-state index in [1.54, 1.807) is 0 Å². The first-order chi connectivity index (χ1) is 13.7. The van der Waals surface area contributed by atoms with E-state index in [2.05, 4.69) is 11.4 Å². The second-order valence-electron chi connectivity index (χ2n) is 8.41. The van der Waals surface area contributed by atoms with Gasteiger partial charge in [0, 0.05) is 38.4 Å². The smallest absolute Gasteiger partial charge is 0.410 e. The molecule has 7 nitrogen and oxygen atoms in total. The van der Waals surface area contributed by atoms with Crippen molar-refractivity contribution < 1.29 is 17.9 Å². The molecule has 0 bridgehead atoms. The van der Waals surface area contributed by atoms with E-state index in [1.165, 1.54) is 16.1 Å². The van der Waals surface area contributed by atoms with Crippen molar-refractivity contribution in [3.8, 4) is 0 Å². The summed E-state index contributed by atoms with van der Waals surface area (Å²) in [4.78, 5) is 13.8. The molecule has 0 spiro atoms. The minimum absolute atomic E-state index is 0.0736. The van der Waals surface area contributed by atoms with Crippen molar-refractivity contribution in [2.45, 2.75) is 52.2 Å². The number of piperidine rings is 1. The summed E-state index contributed by atoms with van der Waals surface area (Å²) in [5.74, 6) is 0.617. The standard InChI is InChI=1S/C21H33N3O4S/c1-16(2)28-21(25)23-11-7-17(8-12-23)6-10-22-20-5-4-19-15-24(29(3,26)27)13-9-18(19)14-20/h4-5,14,16-17,22H,6-13,15H2,1-3H3. The van der Waals surface area contributed by atoms with E-state index in [9.17, 15) is 13.2 Å². The molecule has 1 saturated heterocycles. The molecule has 2 heterocycles. The van der Waals surface area contributed by atoms with Crippen LogP contribution in [0.15, 0.2) is 18.2 Å². The molecule has 1 N–H and O–H groups in total. The number of amides is 1. The summed E-state index contributed by atoms with van der Waals surface area (Å²) in [6.07, 6.45) is 4.86. The first-order valence-corrected chi connectivity index (χ1v) is 12.3. The van der Waals surface area contributed by atoms with Gasteiger partial charge in [-0.25, -0.2) is 13.2 Å². The minimum atomic E-state index is -3.14. The van der Waals surface area contributed by atoms with Crippen LogP contribution >= 0.6 is 0 Å². The van der Waals surface area contributed by atoms with E-state index in [0.29, 0.717) is 19.0 Å². The lowest BCUT2D eigenvalue weighted by atomic mass is 9.93. The SMILES string of the molecule is CC(C)OC(=O)N1CCC(CCNc2ccc3c(c2)CCN(S(C)(=O)=O)C3)CC1. The zero-order valence-corrected chi connectivity index (χ0v) is 18.5. The topological polar surface area (TPSA) is 79.0 Å². The molecule has 0 aliphatic carbocycles. The van der Waals surface area contributed by atoms with Crippen LogP contribution in [0.5, 0.6) is 0 Å². The van der Waals surface area contributed by atoms with Crippen LogP contribution in [0.1, 0.15) is 44.2 Å². The Hall–Kier alpha value is -1.80. The van der Waals surface area contributed by atoms with Gasteiger partial charge in [-0.15, -0.1) is 0 Å². The second-order valence-corrected chi connectivity index (χ2v) is 10.4. The number of ether oxygens (including phenoxy) is 1. The number of nitrogens with zero attached hydrogens (tertiary/aromatic N) is 2. The summed E-state index contributed by atoms with van der Waals surface area (Å²) < 4.78 is 30.3. The van der Waals surface area contributed by atoms with Gasteiger partial charge in [0.1, 0.15) is 0 Å². The number of rotatable bonds is 6. The maximum absolute atomic E-state index is 12.0. The average Bonchev–Trinajstić information content (AvgIpc) is 2.67. The lowest BCUT2D eigenvalue weighted by Crippen LogP contribution is -2.40. The van der Waals surface area contributed by atoms with Gasteiger partial charge in [0.15, 0.2) is 0 Å². The number of hydrogen-bond acceptors (Lipinski definition) is 5. The number of anilines is 1. The number of hydrogen-bond donors (Lipinski definition) is 1. The van der Waals surface area contributed by atoms with E-state index < -0.39 is 10.0 Å². The largest absolute Gasteiger partial charge is 0.447 e. The van der Waals surface area contributed by atoms with E-state index in [4.69, 9.17) is 4.74 Å². The van der Waals surface area contributed by atoms with Crippen molar-refractivity contribution in [1.82, 2.24) is 9.21 Å². The molecule has 1 amide bonds. The summed E-state index contributed by atoms with van der Waals surface area (Å²) in [6, 6.07) is 6.22. The van der Waals surface area contributed by atoms with E-state index in [-0.39, 0.29) is 12.2 Å². The fraction of sp³-hybridized carbons (Fsp3) is 0.667. The van der Waals surface area contributed by atoms with Crippen molar-refractivity contribution >= 4 is 21.8 Å². The monoisotopic (exact) mass is 423 g/mol. The van der Waals surface area contributed by atoms with Gasteiger partial charge in [0.05, 0.1) is 12.4 Å². The number of likely N-dealkylation sites (tertiary alicyclic amines) is 1. The normalized spacial score (nSPS) is 18.6. The molecule has 0 radical (unpaired) electrons. The lowest BCUT2D eigenvalue weighted by Gasteiger charge is -2.32. The van der Waals surface area contributed by atoms with Gasteiger partial charge >= 0.3 is 6.09 Å². The van der Waals surface area contributed by atoms with Crippen LogP contribution in [-0.2, 0) is 27.7 Å². The van der Waals surface area contributed by atoms with Gasteiger partial charge in [0.2, 0.25) is 10.0 Å². The van der Waals surface area contributed by atoms with E-state index in [1.807, 2.05) is 30.9 Å². The average molecular weight is 424 g/mol. The Bertz CT molecular complexity index is 817. The maximum atomic E-state index is 12.0. The van der Waals surface area contributed by atoms with Gasteiger partial charge in [-0.05, 0) is 68.7 Å². The third-order valence-corrected chi connectivity index (χ3v) is 6.99. The van der Waals surface area contributed by atoms with Gasteiger partial charge in [-0.1, -0.05) is 6.07 Å². The van der Waals surface area contributed by atoms with Crippen LogP contribution in [0.2, 0.25) is 0 Å². The highest BCUT2D eigenvalue weighted by Gasteiger charge is 2.25. The summed E-state index contributed by atoms with van der Waals surface area (Å²) >= 11 is 0. The number of carbonyl (C=O) groups is 1. The second kappa shape index (κ2) is 9.34. The van der Waals surface area contributed by atoms with E-state index >= 15 is 0 Å². The molecule has 0 aromatic heterocycles. The molecule has 2 aliphatic heterocycles. The van der Waals surface area contributed by atoms with Crippen LogP contribution in [0.4, 0.5) is 10.5 Å². The van der Waals surface area contributed by atoms with Crippen molar-refractivity contribution in [2.75, 3.05) is 37.8 Å². The summed E-state index contributed by atoms with van der Waals surface area (Å²) in [6.45, 7) is 7.20. The van der Waals surface area contributed by atoms with Crippen molar-refractivity contribution in [3.05, 3.63) is 29.3 Å². The Morgan fingerprint density at radius 3 is 2.59 bits per heavy atom. The third-order valence-electron chi connectivity index (χ3n) is 5.74. The molecule has 1 aromatic rings. The number of benzene rings is 1. The first kappa shape index (κ1) is 21.9. The number of nitrogens with one attached hydrogen (secondary N) is 1. The highest BCUT2D eigenvalue weighted by molar-refractivity contribution is 7.88. The molecule has 29 heavy (non-hydrogen) atoms. The maximum Gasteiger partial charge on any atom is 0.410 e. The number of fused-ring (bicyclic) bond motifs is 1. The zero-order chi connectivity index (χ0) is 21.0. The Morgan fingerprint density at radius 1 is 1.21 bits per heavy atom. The van der Waals surface area contributed by atoms with E-state index in [0.717, 1.165) is 56.6 Å². The minimum Gasteiger partial charge on any atom is -0.447 e. The van der Waals surface area contributed by atoms with Crippen LogP contribution in [0, 0.1) is 5.92 Å². The van der Waals surface area contributed by atoms with Crippen LogP contribution in [-0.4, -0.2) is 62.3 Å². The van der Waals surface area contributed by atoms with Gasteiger partial charge in [0.25, 0.3) is 0 Å². The van der Waals surface area contributed by atoms with Gasteiger partial charge in [-0.3, -0.25) is 0 Å². The Kier molecular flexibility index (Phi) is 7.05. The molecule has 1 aromatic carbocycles. The predicted octanol–water partition coefficient (Wildman–Crippen LogP) is 3.06. The molecule has 2 aliphatic rings. The number of sulfonamides is 1. The molecule has 1 fully saturated rings. The van der Waals surface area contributed by atoms with Gasteiger partial charge in [-0.2, -0.15) is 4.31 Å². The van der Waals surface area contributed by atoms with Crippen LogP contribution in [0.25, 0.3) is 0 Å². The first-order valence-electron chi connectivity index (χ1n) is 10.5. The Balaban J connectivity index is 1.42. The summed E-state index contributed by atoms with van der Waals surface area (Å²) in [7, 11) is -3.14. The predicted molar refractivity (Wildman–Crippen MR) is 114 cm³/mol. The highest BCUT2D eigenvalue weighted by atomic mass is 32.2. The fourth-order valence-electron chi connectivity index (χ4n) is 4.02. The number of carbonyl (C=O) groups excluding carboxylic acids is 1. The quantitative estimate of drug-likeness (QED) is 0.761. The van der Waals surface area contributed by atoms with Crippen molar-refractivity contribution in [3.63, 3.8) is 0 Å². The molecule has 8 heteroatoms. The fourth-order valence-corrected chi connectivity index (χ4v) is 4.82.